The number of carbonyl (C=O) groups excluding carboxylic acids is 2. The van der Waals surface area contributed by atoms with Crippen LogP contribution >= 0.6 is 11.8 Å². The second-order valence-electron chi connectivity index (χ2n) is 6.06. The zero-order chi connectivity index (χ0) is 20.8. The van der Waals surface area contributed by atoms with Crippen molar-refractivity contribution < 1.29 is 18.7 Å². The van der Waals surface area contributed by atoms with Gasteiger partial charge in [0.05, 0.1) is 25.0 Å². The molecular formula is C20H19FN4O3S. The van der Waals surface area contributed by atoms with Gasteiger partial charge in [0.25, 0.3) is 5.91 Å². The highest BCUT2D eigenvalue weighted by molar-refractivity contribution is 7.99. The molecular weight excluding hydrogens is 395 g/mol. The number of thioether (sulfide) groups is 1. The van der Waals surface area contributed by atoms with Crippen LogP contribution in [0.5, 0.6) is 5.75 Å². The Labute approximate surface area is 171 Å². The number of nitrogens with one attached hydrogen (secondary N) is 1. The van der Waals surface area contributed by atoms with Crippen LogP contribution < -0.4 is 10.1 Å². The summed E-state index contributed by atoms with van der Waals surface area (Å²) in [6, 6.07) is 12.6. The number of nitrogens with zero attached hydrogens (tertiary/aromatic N) is 3. The smallest absolute Gasteiger partial charge is 0.254 e. The largest absolute Gasteiger partial charge is 0.497 e. The molecule has 29 heavy (non-hydrogen) atoms. The van der Waals surface area contributed by atoms with E-state index in [-0.39, 0.29) is 23.6 Å². The predicted octanol–water partition coefficient (Wildman–Crippen LogP) is 2.87. The second kappa shape index (κ2) is 9.33. The third kappa shape index (κ3) is 5.00. The number of halogens is 1. The zero-order valence-electron chi connectivity index (χ0n) is 15.9. The molecule has 3 aromatic rings. The molecule has 3 rings (SSSR count). The Morgan fingerprint density at radius 2 is 1.86 bits per heavy atom. The molecule has 9 heteroatoms. The molecule has 0 radical (unpaired) electrons. The molecule has 1 heterocycles. The number of ether oxygens (including phenoxy) is 1. The van der Waals surface area contributed by atoms with Crippen LogP contribution in [-0.2, 0) is 13.6 Å². The Kier molecular flexibility index (Phi) is 6.61. The van der Waals surface area contributed by atoms with Crippen molar-refractivity contribution in [1.29, 1.82) is 0 Å². The zero-order valence-corrected chi connectivity index (χ0v) is 16.7. The molecule has 0 aliphatic heterocycles. The van der Waals surface area contributed by atoms with Crippen LogP contribution in [-0.4, -0.2) is 39.3 Å². The van der Waals surface area contributed by atoms with E-state index in [0.29, 0.717) is 22.3 Å². The molecule has 2 aromatic carbocycles. The molecule has 7 nitrogen and oxygen atoms in total. The van der Waals surface area contributed by atoms with Crippen molar-refractivity contribution >= 4 is 23.5 Å². The number of amides is 1. The predicted molar refractivity (Wildman–Crippen MR) is 107 cm³/mol. The summed E-state index contributed by atoms with van der Waals surface area (Å²) < 4.78 is 20.4. The fraction of sp³-hybridized carbons (Fsp3) is 0.200. The Morgan fingerprint density at radius 1 is 1.14 bits per heavy atom. The number of ketones is 1. The van der Waals surface area contributed by atoms with E-state index in [9.17, 15) is 14.0 Å². The highest BCUT2D eigenvalue weighted by Crippen LogP contribution is 2.19. The van der Waals surface area contributed by atoms with Crippen LogP contribution in [0.25, 0.3) is 0 Å². The third-order valence-electron chi connectivity index (χ3n) is 4.19. The molecule has 150 valence electrons. The number of carbonyl (C=O) groups is 2. The van der Waals surface area contributed by atoms with Gasteiger partial charge in [-0.3, -0.25) is 9.59 Å². The number of methoxy groups -OCH3 is 1. The maximum absolute atomic E-state index is 13.7. The molecule has 0 fully saturated rings. The maximum atomic E-state index is 13.7. The summed E-state index contributed by atoms with van der Waals surface area (Å²) >= 11 is 1.25. The van der Waals surface area contributed by atoms with Gasteiger partial charge in [0, 0.05) is 12.6 Å². The van der Waals surface area contributed by atoms with Gasteiger partial charge in [-0.1, -0.05) is 23.9 Å². The summed E-state index contributed by atoms with van der Waals surface area (Å²) in [5.41, 5.74) is 0.548. The van der Waals surface area contributed by atoms with Gasteiger partial charge in [0.1, 0.15) is 11.6 Å². The lowest BCUT2D eigenvalue weighted by molar-refractivity contribution is 0.0944. The number of hydrogen-bond donors (Lipinski definition) is 1. The van der Waals surface area contributed by atoms with E-state index in [1.807, 2.05) is 0 Å². The van der Waals surface area contributed by atoms with Gasteiger partial charge in [-0.25, -0.2) is 4.39 Å². The SMILES string of the molecule is COc1ccc(C(=O)CSc2nnc(CNC(=O)c3ccccc3F)n2C)cc1. The van der Waals surface area contributed by atoms with Gasteiger partial charge in [-0.2, -0.15) is 0 Å². The summed E-state index contributed by atoms with van der Waals surface area (Å²) in [6.07, 6.45) is 0. The molecule has 0 aliphatic carbocycles. The summed E-state index contributed by atoms with van der Waals surface area (Å²) in [7, 11) is 3.31. The Balaban J connectivity index is 1.57. The van der Waals surface area contributed by atoms with Crippen LogP contribution in [0, 0.1) is 5.82 Å². The lowest BCUT2D eigenvalue weighted by Gasteiger charge is -2.07. The van der Waals surface area contributed by atoms with Crippen LogP contribution in [0.15, 0.2) is 53.7 Å². The topological polar surface area (TPSA) is 86.1 Å². The molecule has 0 bridgehead atoms. The van der Waals surface area contributed by atoms with Crippen molar-refractivity contribution in [2.75, 3.05) is 12.9 Å². The van der Waals surface area contributed by atoms with E-state index in [2.05, 4.69) is 15.5 Å². The van der Waals surface area contributed by atoms with Crippen molar-refractivity contribution in [2.24, 2.45) is 7.05 Å². The standard InChI is InChI=1S/C20H19FN4O3S/c1-25-18(11-22-19(27)15-5-3-4-6-16(15)21)23-24-20(25)29-12-17(26)13-7-9-14(28-2)10-8-13/h3-10H,11-12H2,1-2H3,(H,22,27). The number of benzene rings is 2. The minimum Gasteiger partial charge on any atom is -0.497 e. The first kappa shape index (κ1) is 20.5. The van der Waals surface area contributed by atoms with Gasteiger partial charge < -0.3 is 14.6 Å². The fourth-order valence-corrected chi connectivity index (χ4v) is 3.34. The van der Waals surface area contributed by atoms with E-state index >= 15 is 0 Å². The lowest BCUT2D eigenvalue weighted by Crippen LogP contribution is -2.25. The minimum atomic E-state index is -0.587. The number of hydrogen-bond acceptors (Lipinski definition) is 6. The van der Waals surface area contributed by atoms with Crippen LogP contribution in [0.4, 0.5) is 4.39 Å². The summed E-state index contributed by atoms with van der Waals surface area (Å²) in [5.74, 6) is 0.208. The molecule has 0 unspecified atom stereocenters. The normalized spacial score (nSPS) is 10.6. The van der Waals surface area contributed by atoms with Crippen molar-refractivity contribution in [3.63, 3.8) is 0 Å². The molecule has 0 aliphatic rings. The van der Waals surface area contributed by atoms with Gasteiger partial charge >= 0.3 is 0 Å². The van der Waals surface area contributed by atoms with E-state index in [1.54, 1.807) is 49.1 Å². The third-order valence-corrected chi connectivity index (χ3v) is 5.22. The van der Waals surface area contributed by atoms with Gasteiger partial charge in [-0.05, 0) is 36.4 Å². The highest BCUT2D eigenvalue weighted by atomic mass is 32.2. The van der Waals surface area contributed by atoms with E-state index < -0.39 is 11.7 Å². The quantitative estimate of drug-likeness (QED) is 0.451. The Morgan fingerprint density at radius 3 is 2.55 bits per heavy atom. The Bertz CT molecular complexity index is 1020. The van der Waals surface area contributed by atoms with Crippen LogP contribution in [0.3, 0.4) is 0 Å². The maximum Gasteiger partial charge on any atom is 0.254 e. The average Bonchev–Trinajstić information content (AvgIpc) is 3.10. The number of Topliss-reactive ketones (excluding diaryl/α,β-unsaturated/α-hetero) is 1. The first-order valence-corrected chi connectivity index (χ1v) is 9.69. The van der Waals surface area contributed by atoms with Gasteiger partial charge in [0.15, 0.2) is 16.8 Å². The van der Waals surface area contributed by atoms with Gasteiger partial charge in [0.2, 0.25) is 0 Å². The van der Waals surface area contributed by atoms with E-state index in [0.717, 1.165) is 0 Å². The van der Waals surface area contributed by atoms with Crippen LogP contribution in [0.1, 0.15) is 26.5 Å². The first-order chi connectivity index (χ1) is 14.0. The van der Waals surface area contributed by atoms with Crippen molar-refractivity contribution in [1.82, 2.24) is 20.1 Å². The molecule has 0 spiro atoms. The summed E-state index contributed by atoms with van der Waals surface area (Å²) in [6.45, 7) is 0.0870. The number of aromatic nitrogens is 3. The summed E-state index contributed by atoms with van der Waals surface area (Å²) in [4.78, 5) is 24.4. The molecule has 0 saturated carbocycles. The number of rotatable bonds is 8. The molecule has 0 saturated heterocycles. The minimum absolute atomic E-state index is 0.0330. The molecule has 1 amide bonds. The lowest BCUT2D eigenvalue weighted by atomic mass is 10.1. The van der Waals surface area contributed by atoms with Crippen LogP contribution in [0.2, 0.25) is 0 Å². The van der Waals surface area contributed by atoms with Crippen molar-refractivity contribution in [3.8, 4) is 5.75 Å². The van der Waals surface area contributed by atoms with Crippen molar-refractivity contribution in [2.45, 2.75) is 11.7 Å². The molecule has 1 N–H and O–H groups in total. The first-order valence-electron chi connectivity index (χ1n) is 8.70. The Hall–Kier alpha value is -3.20. The molecule has 0 atom stereocenters. The second-order valence-corrected chi connectivity index (χ2v) is 7.00. The monoisotopic (exact) mass is 414 g/mol. The van der Waals surface area contributed by atoms with Gasteiger partial charge in [-0.15, -0.1) is 10.2 Å². The van der Waals surface area contributed by atoms with Crippen molar-refractivity contribution in [3.05, 3.63) is 71.3 Å². The molecule has 1 aromatic heterocycles. The highest BCUT2D eigenvalue weighted by Gasteiger charge is 2.15. The average molecular weight is 414 g/mol. The van der Waals surface area contributed by atoms with E-state index in [4.69, 9.17) is 4.74 Å². The van der Waals surface area contributed by atoms with E-state index in [1.165, 1.54) is 30.0 Å². The fourth-order valence-electron chi connectivity index (χ4n) is 2.51. The summed E-state index contributed by atoms with van der Waals surface area (Å²) in [5, 5.41) is 11.3.